The van der Waals surface area contributed by atoms with E-state index in [0.29, 0.717) is 17.3 Å². The van der Waals surface area contributed by atoms with Crippen LogP contribution in [0.15, 0.2) is 6.07 Å². The quantitative estimate of drug-likeness (QED) is 0.894. The van der Waals surface area contributed by atoms with E-state index >= 15 is 0 Å². The van der Waals surface area contributed by atoms with Crippen molar-refractivity contribution in [2.75, 3.05) is 19.6 Å². The normalized spacial score (nSPS) is 22.5. The maximum Gasteiger partial charge on any atom is 0.222 e. The Labute approximate surface area is 134 Å². The molecule has 2 N–H and O–H groups in total. The van der Waals surface area contributed by atoms with Gasteiger partial charge in [-0.3, -0.25) is 4.79 Å². The molecule has 0 spiro atoms. The first kappa shape index (κ1) is 16.1. The first-order valence-corrected chi connectivity index (χ1v) is 8.42. The molecule has 112 valence electrons. The summed E-state index contributed by atoms with van der Waals surface area (Å²) in [6.45, 7) is 4.40. The van der Waals surface area contributed by atoms with Crippen molar-refractivity contribution in [1.29, 1.82) is 0 Å². The minimum atomic E-state index is 0.0971. The SMILES string of the molecule is CC1(CN)CCN(C(=O)CCCc2cc(Cl)sc2Cl)C1. The zero-order valence-corrected chi connectivity index (χ0v) is 14.0. The molecule has 1 aromatic rings. The Morgan fingerprint density at radius 1 is 1.55 bits per heavy atom. The van der Waals surface area contributed by atoms with Crippen LogP contribution in [0.1, 0.15) is 31.7 Å². The van der Waals surface area contributed by atoms with Gasteiger partial charge in [-0.2, -0.15) is 0 Å². The topological polar surface area (TPSA) is 46.3 Å². The van der Waals surface area contributed by atoms with Crippen LogP contribution in [0.2, 0.25) is 8.67 Å². The minimum Gasteiger partial charge on any atom is -0.342 e. The van der Waals surface area contributed by atoms with Crippen LogP contribution in [-0.4, -0.2) is 30.4 Å². The number of nitrogens with two attached hydrogens (primary N) is 1. The number of carbonyl (C=O) groups is 1. The van der Waals surface area contributed by atoms with E-state index in [0.717, 1.165) is 42.3 Å². The van der Waals surface area contributed by atoms with Crippen LogP contribution in [0.5, 0.6) is 0 Å². The van der Waals surface area contributed by atoms with Crippen LogP contribution in [0, 0.1) is 5.41 Å². The zero-order chi connectivity index (χ0) is 14.8. The smallest absolute Gasteiger partial charge is 0.222 e. The van der Waals surface area contributed by atoms with Crippen LogP contribution in [0.3, 0.4) is 0 Å². The molecule has 0 bridgehead atoms. The van der Waals surface area contributed by atoms with Gasteiger partial charge in [0.1, 0.15) is 0 Å². The van der Waals surface area contributed by atoms with Gasteiger partial charge in [0.15, 0.2) is 0 Å². The molecule has 0 saturated carbocycles. The highest BCUT2D eigenvalue weighted by molar-refractivity contribution is 7.20. The highest BCUT2D eigenvalue weighted by atomic mass is 35.5. The van der Waals surface area contributed by atoms with E-state index in [1.165, 1.54) is 11.3 Å². The second-order valence-corrected chi connectivity index (χ2v) is 8.07. The molecule has 3 nitrogen and oxygen atoms in total. The Morgan fingerprint density at radius 2 is 2.30 bits per heavy atom. The second kappa shape index (κ2) is 6.65. The number of halogens is 2. The third kappa shape index (κ3) is 3.88. The largest absolute Gasteiger partial charge is 0.342 e. The number of aryl methyl sites for hydroxylation is 1. The number of amides is 1. The van der Waals surface area contributed by atoms with Crippen molar-refractivity contribution in [2.24, 2.45) is 11.1 Å². The van der Waals surface area contributed by atoms with Gasteiger partial charge in [-0.05, 0) is 42.9 Å². The van der Waals surface area contributed by atoms with E-state index in [1.54, 1.807) is 0 Å². The van der Waals surface area contributed by atoms with Crippen molar-refractivity contribution in [2.45, 2.75) is 32.6 Å². The highest BCUT2D eigenvalue weighted by Crippen LogP contribution is 2.32. The standard InChI is InChI=1S/C14H20Cl2N2OS/c1-14(8-17)5-6-18(9-14)12(19)4-2-3-10-7-11(15)20-13(10)16/h7H,2-6,8-9,17H2,1H3. The van der Waals surface area contributed by atoms with E-state index in [4.69, 9.17) is 28.9 Å². The van der Waals surface area contributed by atoms with Crippen molar-refractivity contribution in [1.82, 2.24) is 4.90 Å². The third-order valence-electron chi connectivity index (χ3n) is 3.97. The molecule has 1 saturated heterocycles. The number of thiophene rings is 1. The first-order chi connectivity index (χ1) is 9.43. The maximum atomic E-state index is 12.2. The molecule has 2 heterocycles. The van der Waals surface area contributed by atoms with Crippen molar-refractivity contribution in [3.63, 3.8) is 0 Å². The predicted octanol–water partition coefficient (Wildman–Crippen LogP) is 3.57. The lowest BCUT2D eigenvalue weighted by molar-refractivity contribution is -0.130. The molecule has 20 heavy (non-hydrogen) atoms. The molecule has 1 aliphatic rings. The Kier molecular flexibility index (Phi) is 5.35. The lowest BCUT2D eigenvalue weighted by atomic mass is 9.90. The molecule has 2 rings (SSSR count). The van der Waals surface area contributed by atoms with Crippen molar-refractivity contribution in [3.05, 3.63) is 20.3 Å². The fourth-order valence-corrected chi connectivity index (χ4v) is 4.08. The van der Waals surface area contributed by atoms with Gasteiger partial charge in [-0.25, -0.2) is 0 Å². The molecular weight excluding hydrogens is 315 g/mol. The molecular formula is C14H20Cl2N2OS. The van der Waals surface area contributed by atoms with Crippen LogP contribution in [0.4, 0.5) is 0 Å². The molecule has 1 fully saturated rings. The van der Waals surface area contributed by atoms with Gasteiger partial charge in [0, 0.05) is 19.5 Å². The average Bonchev–Trinajstić information content (AvgIpc) is 2.94. The van der Waals surface area contributed by atoms with E-state index in [-0.39, 0.29) is 11.3 Å². The molecule has 1 aliphatic heterocycles. The van der Waals surface area contributed by atoms with Crippen molar-refractivity contribution >= 4 is 40.4 Å². The summed E-state index contributed by atoms with van der Waals surface area (Å²) < 4.78 is 1.44. The van der Waals surface area contributed by atoms with Gasteiger partial charge < -0.3 is 10.6 Å². The van der Waals surface area contributed by atoms with Gasteiger partial charge in [0.25, 0.3) is 0 Å². The third-order valence-corrected chi connectivity index (χ3v) is 5.54. The summed E-state index contributed by atoms with van der Waals surface area (Å²) in [5.74, 6) is 0.222. The van der Waals surface area contributed by atoms with Crippen molar-refractivity contribution in [3.8, 4) is 0 Å². The lowest BCUT2D eigenvalue weighted by Gasteiger charge is -2.22. The summed E-state index contributed by atoms with van der Waals surface area (Å²) in [5, 5.41) is 0. The van der Waals surface area contributed by atoms with E-state index in [9.17, 15) is 4.79 Å². The van der Waals surface area contributed by atoms with Crippen LogP contribution in [-0.2, 0) is 11.2 Å². The number of rotatable bonds is 5. The molecule has 1 atom stereocenters. The van der Waals surface area contributed by atoms with Crippen LogP contribution < -0.4 is 5.73 Å². The molecule has 1 aromatic heterocycles. The average molecular weight is 335 g/mol. The van der Waals surface area contributed by atoms with Gasteiger partial charge in [0.2, 0.25) is 5.91 Å². The molecule has 1 amide bonds. The van der Waals surface area contributed by atoms with Crippen LogP contribution >= 0.6 is 34.5 Å². The Bertz CT molecular complexity index is 492. The van der Waals surface area contributed by atoms with E-state index in [1.807, 2.05) is 11.0 Å². The second-order valence-electron chi connectivity index (χ2n) is 5.78. The monoisotopic (exact) mass is 334 g/mol. The fraction of sp³-hybridized carbons (Fsp3) is 0.643. The molecule has 6 heteroatoms. The number of hydrogen-bond acceptors (Lipinski definition) is 3. The Balaban J connectivity index is 1.77. The van der Waals surface area contributed by atoms with Gasteiger partial charge >= 0.3 is 0 Å². The summed E-state index contributed by atoms with van der Waals surface area (Å²) in [6, 6.07) is 1.89. The van der Waals surface area contributed by atoms with Crippen molar-refractivity contribution < 1.29 is 4.79 Å². The van der Waals surface area contributed by atoms with Crippen LogP contribution in [0.25, 0.3) is 0 Å². The molecule has 0 aromatic carbocycles. The van der Waals surface area contributed by atoms with E-state index < -0.39 is 0 Å². The summed E-state index contributed by atoms with van der Waals surface area (Å²) in [4.78, 5) is 14.1. The Hall–Kier alpha value is -0.290. The lowest BCUT2D eigenvalue weighted by Crippen LogP contribution is -2.34. The molecule has 0 radical (unpaired) electrons. The minimum absolute atomic E-state index is 0.0971. The first-order valence-electron chi connectivity index (χ1n) is 6.85. The number of carbonyl (C=O) groups excluding carboxylic acids is 1. The number of likely N-dealkylation sites (tertiary alicyclic amines) is 1. The predicted molar refractivity (Wildman–Crippen MR) is 85.6 cm³/mol. The van der Waals surface area contributed by atoms with Gasteiger partial charge in [0.05, 0.1) is 8.67 Å². The summed E-state index contributed by atoms with van der Waals surface area (Å²) in [7, 11) is 0. The highest BCUT2D eigenvalue weighted by Gasteiger charge is 2.34. The zero-order valence-electron chi connectivity index (χ0n) is 11.6. The fourth-order valence-electron chi connectivity index (χ4n) is 2.54. The Morgan fingerprint density at radius 3 is 2.85 bits per heavy atom. The number of hydrogen-bond donors (Lipinski definition) is 1. The van der Waals surface area contributed by atoms with Gasteiger partial charge in [-0.15, -0.1) is 11.3 Å². The van der Waals surface area contributed by atoms with E-state index in [2.05, 4.69) is 6.92 Å². The summed E-state index contributed by atoms with van der Waals surface area (Å²) in [5.41, 5.74) is 6.90. The maximum absolute atomic E-state index is 12.2. The summed E-state index contributed by atoms with van der Waals surface area (Å²) >= 11 is 13.4. The van der Waals surface area contributed by atoms with Gasteiger partial charge in [-0.1, -0.05) is 30.1 Å². The molecule has 0 aliphatic carbocycles. The summed E-state index contributed by atoms with van der Waals surface area (Å²) in [6.07, 6.45) is 3.17. The number of nitrogens with zero attached hydrogens (tertiary/aromatic N) is 1. The molecule has 1 unspecified atom stereocenters.